The van der Waals surface area contributed by atoms with E-state index >= 15 is 0 Å². The van der Waals surface area contributed by atoms with Crippen LogP contribution in [0.15, 0.2) is 54.6 Å². The average Bonchev–Trinajstić information content (AvgIpc) is 2.59. The molecule has 0 bridgehead atoms. The Morgan fingerprint density at radius 1 is 0.913 bits per heavy atom. The number of carbonyl (C=O) groups is 2. The zero-order valence-corrected chi connectivity index (χ0v) is 12.8. The van der Waals surface area contributed by atoms with Crippen LogP contribution in [0.3, 0.4) is 0 Å². The Labute approximate surface area is 135 Å². The summed E-state index contributed by atoms with van der Waals surface area (Å²) < 4.78 is 0. The van der Waals surface area contributed by atoms with Crippen molar-refractivity contribution in [1.29, 1.82) is 0 Å². The van der Waals surface area contributed by atoms with E-state index < -0.39 is 0 Å². The molecule has 0 spiro atoms. The molecule has 1 atom stereocenters. The van der Waals surface area contributed by atoms with Crippen LogP contribution in [0.1, 0.15) is 22.3 Å². The monoisotopic (exact) mass is 306 g/mol. The van der Waals surface area contributed by atoms with Gasteiger partial charge in [0, 0.05) is 37.3 Å². The van der Waals surface area contributed by atoms with E-state index in [1.54, 1.807) is 0 Å². The summed E-state index contributed by atoms with van der Waals surface area (Å²) in [4.78, 5) is 29.2. The SMILES string of the molecule is O=C1CC2C(=O)N(Cc3ccccc3)CCN2c2ccccc21. The number of anilines is 1. The van der Waals surface area contributed by atoms with E-state index in [0.29, 0.717) is 13.1 Å². The van der Waals surface area contributed by atoms with Crippen LogP contribution in [0.4, 0.5) is 5.69 Å². The fourth-order valence-corrected chi connectivity index (χ4v) is 3.53. The van der Waals surface area contributed by atoms with Gasteiger partial charge in [0.25, 0.3) is 0 Å². The van der Waals surface area contributed by atoms with Gasteiger partial charge in [-0.15, -0.1) is 0 Å². The second-order valence-corrected chi connectivity index (χ2v) is 6.10. The third kappa shape index (κ3) is 2.40. The standard InChI is InChI=1S/C19H18N2O2/c22-18-12-17-19(23)20(13-14-6-2-1-3-7-14)10-11-21(17)16-9-5-4-8-15(16)18/h1-9,17H,10-13H2. The molecule has 2 aromatic carbocycles. The van der Waals surface area contributed by atoms with Crippen molar-refractivity contribution in [1.82, 2.24) is 4.90 Å². The van der Waals surface area contributed by atoms with Crippen LogP contribution in [0.25, 0.3) is 0 Å². The van der Waals surface area contributed by atoms with Crippen LogP contribution in [0, 0.1) is 0 Å². The van der Waals surface area contributed by atoms with E-state index in [2.05, 4.69) is 4.90 Å². The Morgan fingerprint density at radius 3 is 2.48 bits per heavy atom. The number of benzene rings is 2. The summed E-state index contributed by atoms with van der Waals surface area (Å²) in [5, 5.41) is 0. The maximum Gasteiger partial charge on any atom is 0.246 e. The predicted molar refractivity (Wildman–Crippen MR) is 88.4 cm³/mol. The van der Waals surface area contributed by atoms with Gasteiger partial charge in [-0.25, -0.2) is 0 Å². The van der Waals surface area contributed by atoms with Gasteiger partial charge in [0.1, 0.15) is 6.04 Å². The summed E-state index contributed by atoms with van der Waals surface area (Å²) in [6, 6.07) is 17.2. The van der Waals surface area contributed by atoms with Crippen LogP contribution in [-0.2, 0) is 11.3 Å². The number of ketones is 1. The third-order valence-corrected chi connectivity index (χ3v) is 4.69. The van der Waals surface area contributed by atoms with Gasteiger partial charge < -0.3 is 9.80 Å². The van der Waals surface area contributed by atoms with Crippen molar-refractivity contribution in [3.63, 3.8) is 0 Å². The van der Waals surface area contributed by atoms with Gasteiger partial charge in [-0.2, -0.15) is 0 Å². The lowest BCUT2D eigenvalue weighted by Crippen LogP contribution is -2.59. The molecule has 1 amide bonds. The van der Waals surface area contributed by atoms with Gasteiger partial charge in [-0.3, -0.25) is 9.59 Å². The summed E-state index contributed by atoms with van der Waals surface area (Å²) in [6.45, 7) is 2.07. The maximum absolute atomic E-state index is 12.9. The zero-order chi connectivity index (χ0) is 15.8. The highest BCUT2D eigenvalue weighted by Crippen LogP contribution is 2.33. The minimum absolute atomic E-state index is 0.0583. The smallest absolute Gasteiger partial charge is 0.246 e. The van der Waals surface area contributed by atoms with E-state index in [4.69, 9.17) is 0 Å². The van der Waals surface area contributed by atoms with Crippen LogP contribution in [0.5, 0.6) is 0 Å². The molecule has 1 fully saturated rings. The first-order valence-electron chi connectivity index (χ1n) is 7.95. The van der Waals surface area contributed by atoms with E-state index in [1.807, 2.05) is 59.5 Å². The Hall–Kier alpha value is -2.62. The number of rotatable bonds is 2. The Kier molecular flexibility index (Phi) is 3.37. The van der Waals surface area contributed by atoms with Crippen molar-refractivity contribution in [3.8, 4) is 0 Å². The number of Topliss-reactive ketones (excluding diaryl/α,β-unsaturated/α-hetero) is 1. The lowest BCUT2D eigenvalue weighted by atomic mass is 9.92. The van der Waals surface area contributed by atoms with Crippen molar-refractivity contribution in [3.05, 3.63) is 65.7 Å². The number of nitrogens with zero attached hydrogens (tertiary/aromatic N) is 2. The number of hydrogen-bond donors (Lipinski definition) is 0. The summed E-state index contributed by atoms with van der Waals surface area (Å²) in [5.41, 5.74) is 2.77. The average molecular weight is 306 g/mol. The number of hydrogen-bond acceptors (Lipinski definition) is 3. The highest BCUT2D eigenvalue weighted by molar-refractivity contribution is 6.08. The summed E-state index contributed by atoms with van der Waals surface area (Å²) in [5.74, 6) is 0.125. The summed E-state index contributed by atoms with van der Waals surface area (Å²) in [7, 11) is 0. The maximum atomic E-state index is 12.9. The van der Waals surface area contributed by atoms with Gasteiger partial charge in [-0.05, 0) is 17.7 Å². The second kappa shape index (κ2) is 5.54. The molecule has 2 aliphatic heterocycles. The molecule has 23 heavy (non-hydrogen) atoms. The molecule has 2 aromatic rings. The first-order chi connectivity index (χ1) is 11.2. The lowest BCUT2D eigenvalue weighted by molar-refractivity contribution is -0.135. The molecule has 116 valence electrons. The second-order valence-electron chi connectivity index (χ2n) is 6.10. The Bertz CT molecular complexity index is 757. The van der Waals surface area contributed by atoms with Gasteiger partial charge in [0.2, 0.25) is 5.91 Å². The minimum atomic E-state index is -0.352. The van der Waals surface area contributed by atoms with Crippen molar-refractivity contribution in [2.75, 3.05) is 18.0 Å². The van der Waals surface area contributed by atoms with E-state index in [-0.39, 0.29) is 24.2 Å². The number of fused-ring (bicyclic) bond motifs is 3. The van der Waals surface area contributed by atoms with Crippen molar-refractivity contribution < 1.29 is 9.59 Å². The first-order valence-corrected chi connectivity index (χ1v) is 7.95. The van der Waals surface area contributed by atoms with E-state index in [0.717, 1.165) is 23.4 Å². The predicted octanol–water partition coefficient (Wildman–Crippen LogP) is 2.49. The zero-order valence-electron chi connectivity index (χ0n) is 12.8. The van der Waals surface area contributed by atoms with Crippen LogP contribution < -0.4 is 4.90 Å². The molecular formula is C19H18N2O2. The quantitative estimate of drug-likeness (QED) is 0.856. The number of amides is 1. The fourth-order valence-electron chi connectivity index (χ4n) is 3.53. The molecule has 4 heteroatoms. The van der Waals surface area contributed by atoms with Crippen molar-refractivity contribution in [2.24, 2.45) is 0 Å². The fraction of sp³-hybridized carbons (Fsp3) is 0.263. The number of para-hydroxylation sites is 1. The van der Waals surface area contributed by atoms with Crippen LogP contribution >= 0.6 is 0 Å². The topological polar surface area (TPSA) is 40.6 Å². The summed E-state index contributed by atoms with van der Waals surface area (Å²) in [6.07, 6.45) is 0.279. The molecule has 2 aliphatic rings. The third-order valence-electron chi connectivity index (χ3n) is 4.69. The molecule has 1 saturated heterocycles. The van der Waals surface area contributed by atoms with Gasteiger partial charge in [0.15, 0.2) is 5.78 Å². The Morgan fingerprint density at radius 2 is 1.65 bits per heavy atom. The highest BCUT2D eigenvalue weighted by atomic mass is 16.2. The molecular weight excluding hydrogens is 288 g/mol. The Balaban J connectivity index is 1.60. The first kappa shape index (κ1) is 14.0. The molecule has 0 aliphatic carbocycles. The summed E-state index contributed by atoms with van der Waals surface area (Å²) >= 11 is 0. The van der Waals surface area contributed by atoms with Crippen LogP contribution in [-0.4, -0.2) is 35.7 Å². The molecule has 0 radical (unpaired) electrons. The van der Waals surface area contributed by atoms with E-state index in [1.165, 1.54) is 0 Å². The highest BCUT2D eigenvalue weighted by Gasteiger charge is 2.40. The number of piperazine rings is 1. The van der Waals surface area contributed by atoms with Crippen molar-refractivity contribution >= 4 is 17.4 Å². The van der Waals surface area contributed by atoms with Gasteiger partial charge >= 0.3 is 0 Å². The van der Waals surface area contributed by atoms with Crippen LogP contribution in [0.2, 0.25) is 0 Å². The van der Waals surface area contributed by atoms with E-state index in [9.17, 15) is 9.59 Å². The lowest BCUT2D eigenvalue weighted by Gasteiger charge is -2.44. The molecule has 0 N–H and O–H groups in total. The van der Waals surface area contributed by atoms with Gasteiger partial charge in [0.05, 0.1) is 0 Å². The van der Waals surface area contributed by atoms with Gasteiger partial charge in [-0.1, -0.05) is 42.5 Å². The largest absolute Gasteiger partial charge is 0.357 e. The minimum Gasteiger partial charge on any atom is -0.357 e. The molecule has 0 aromatic heterocycles. The molecule has 1 unspecified atom stereocenters. The molecule has 2 heterocycles. The normalized spacial score (nSPS) is 20.3. The molecule has 4 nitrogen and oxygen atoms in total. The molecule has 0 saturated carbocycles. The number of carbonyl (C=O) groups excluding carboxylic acids is 2. The van der Waals surface area contributed by atoms with Crippen molar-refractivity contribution in [2.45, 2.75) is 19.0 Å². The molecule has 4 rings (SSSR count).